The largest absolute Gasteiger partial charge is 0.185 e. The van der Waals surface area contributed by atoms with Gasteiger partial charge in [-0.1, -0.05) is 46.3 Å². The maximum Gasteiger partial charge on any atom is 0.133 e. The van der Waals surface area contributed by atoms with Crippen LogP contribution in [0.2, 0.25) is 0 Å². The van der Waals surface area contributed by atoms with Gasteiger partial charge in [-0.2, -0.15) is 5.26 Å². The summed E-state index contributed by atoms with van der Waals surface area (Å²) in [5.41, 5.74) is 1.29. The molecule has 0 N–H and O–H groups in total. The van der Waals surface area contributed by atoms with Gasteiger partial charge in [0.05, 0.1) is 0 Å². The molecule has 3 heteroatoms. The smallest absolute Gasteiger partial charge is 0.133 e. The van der Waals surface area contributed by atoms with Gasteiger partial charge in [0, 0.05) is 10.6 Å². The Hall–Kier alpha value is -0.460. The molecule has 0 saturated carbocycles. The first kappa shape index (κ1) is 10.6. The van der Waals surface area contributed by atoms with Gasteiger partial charge in [-0.05, 0) is 23.7 Å². The molecule has 13 heavy (non-hydrogen) atoms. The van der Waals surface area contributed by atoms with E-state index >= 15 is 0 Å². The number of thioether (sulfide) groups is 1. The zero-order valence-electron chi connectivity index (χ0n) is 7.11. The Morgan fingerprint density at radius 3 is 2.62 bits per heavy atom. The first-order valence-corrected chi connectivity index (χ1v) is 6.01. The zero-order valence-corrected chi connectivity index (χ0v) is 9.51. The molecular formula is C10H10BrNS. The molecule has 0 aliphatic heterocycles. The second kappa shape index (κ2) is 6.06. The highest BCUT2D eigenvalue weighted by Crippen LogP contribution is 2.17. The molecule has 1 rings (SSSR count). The maximum atomic E-state index is 8.54. The van der Waals surface area contributed by atoms with Crippen molar-refractivity contribution in [1.82, 2.24) is 0 Å². The third kappa shape index (κ3) is 3.84. The summed E-state index contributed by atoms with van der Waals surface area (Å²) in [5.74, 6) is 0. The molecular weight excluding hydrogens is 246 g/mol. The topological polar surface area (TPSA) is 23.8 Å². The van der Waals surface area contributed by atoms with Crippen LogP contribution in [-0.4, -0.2) is 10.6 Å². The molecule has 1 aromatic carbocycles. The van der Waals surface area contributed by atoms with E-state index in [-0.39, 0.29) is 0 Å². The van der Waals surface area contributed by atoms with E-state index in [0.29, 0.717) is 5.25 Å². The van der Waals surface area contributed by atoms with Gasteiger partial charge in [0.25, 0.3) is 0 Å². The van der Waals surface area contributed by atoms with Gasteiger partial charge in [-0.15, -0.1) is 0 Å². The Morgan fingerprint density at radius 2 is 2.08 bits per heavy atom. The first-order chi connectivity index (χ1) is 6.36. The second-order valence-corrected chi connectivity index (χ2v) is 4.41. The van der Waals surface area contributed by atoms with Crippen molar-refractivity contribution < 1.29 is 0 Å². The van der Waals surface area contributed by atoms with Crippen LogP contribution in [-0.2, 0) is 6.42 Å². The molecule has 1 aromatic rings. The number of hydrogen-bond acceptors (Lipinski definition) is 2. The molecule has 0 amide bonds. The number of alkyl halides is 1. The Bertz CT molecular complexity index is 281. The molecule has 0 fully saturated rings. The van der Waals surface area contributed by atoms with Crippen LogP contribution >= 0.6 is 27.7 Å². The van der Waals surface area contributed by atoms with Gasteiger partial charge in [0.15, 0.2) is 0 Å². The van der Waals surface area contributed by atoms with Gasteiger partial charge in [-0.25, -0.2) is 0 Å². The van der Waals surface area contributed by atoms with Crippen molar-refractivity contribution >= 4 is 27.7 Å². The quantitative estimate of drug-likeness (QED) is 0.610. The Balaban J connectivity index is 2.53. The predicted molar refractivity (Wildman–Crippen MR) is 60.9 cm³/mol. The molecule has 0 aliphatic carbocycles. The average Bonchev–Trinajstić information content (AvgIpc) is 2.19. The minimum atomic E-state index is 0.354. The molecule has 0 heterocycles. The van der Waals surface area contributed by atoms with Crippen molar-refractivity contribution in [2.24, 2.45) is 0 Å². The van der Waals surface area contributed by atoms with Gasteiger partial charge in [0.1, 0.15) is 5.40 Å². The number of halogens is 1. The fraction of sp³-hybridized carbons (Fsp3) is 0.300. The maximum absolute atomic E-state index is 8.54. The molecule has 1 nitrogen and oxygen atoms in total. The molecule has 0 spiro atoms. The Morgan fingerprint density at radius 1 is 1.38 bits per heavy atom. The summed E-state index contributed by atoms with van der Waals surface area (Å²) in [7, 11) is 0. The number of rotatable bonds is 4. The number of nitriles is 1. The highest BCUT2D eigenvalue weighted by atomic mass is 79.9. The fourth-order valence-electron chi connectivity index (χ4n) is 1.08. The fourth-order valence-corrected chi connectivity index (χ4v) is 2.19. The number of hydrogen-bond donors (Lipinski definition) is 0. The van der Waals surface area contributed by atoms with Crippen LogP contribution in [0.3, 0.4) is 0 Å². The SMILES string of the molecule is N#CSC(CBr)Cc1ccccc1. The third-order valence-electron chi connectivity index (χ3n) is 1.70. The summed E-state index contributed by atoms with van der Waals surface area (Å²) in [6, 6.07) is 10.2. The lowest BCUT2D eigenvalue weighted by Crippen LogP contribution is -2.07. The summed E-state index contributed by atoms with van der Waals surface area (Å²) in [6.07, 6.45) is 0.949. The van der Waals surface area contributed by atoms with Crippen LogP contribution in [0.15, 0.2) is 30.3 Å². The van der Waals surface area contributed by atoms with Crippen LogP contribution in [0.5, 0.6) is 0 Å². The van der Waals surface area contributed by atoms with E-state index in [2.05, 4.69) is 33.5 Å². The molecule has 0 aliphatic rings. The minimum Gasteiger partial charge on any atom is -0.185 e. The van der Waals surface area contributed by atoms with Crippen molar-refractivity contribution in [3.8, 4) is 5.40 Å². The minimum absolute atomic E-state index is 0.354. The zero-order chi connectivity index (χ0) is 9.52. The van der Waals surface area contributed by atoms with Gasteiger partial charge < -0.3 is 0 Å². The molecule has 0 bridgehead atoms. The van der Waals surface area contributed by atoms with Crippen molar-refractivity contribution in [3.63, 3.8) is 0 Å². The lowest BCUT2D eigenvalue weighted by Gasteiger charge is -2.08. The molecule has 0 saturated heterocycles. The van der Waals surface area contributed by atoms with E-state index < -0.39 is 0 Å². The number of nitrogens with zero attached hydrogens (tertiary/aromatic N) is 1. The van der Waals surface area contributed by atoms with Crippen molar-refractivity contribution in [2.75, 3.05) is 5.33 Å². The van der Waals surface area contributed by atoms with Gasteiger partial charge >= 0.3 is 0 Å². The third-order valence-corrected chi connectivity index (χ3v) is 3.68. The molecule has 68 valence electrons. The van der Waals surface area contributed by atoms with Crippen LogP contribution in [0.25, 0.3) is 0 Å². The van der Waals surface area contributed by atoms with Crippen LogP contribution < -0.4 is 0 Å². The normalized spacial score (nSPS) is 12.0. The highest BCUT2D eigenvalue weighted by molar-refractivity contribution is 9.09. The van der Waals surface area contributed by atoms with Crippen molar-refractivity contribution in [1.29, 1.82) is 5.26 Å². The van der Waals surface area contributed by atoms with E-state index in [1.54, 1.807) is 0 Å². The molecule has 1 atom stereocenters. The van der Waals surface area contributed by atoms with E-state index in [9.17, 15) is 0 Å². The van der Waals surface area contributed by atoms with Crippen molar-refractivity contribution in [2.45, 2.75) is 11.7 Å². The molecule has 0 radical (unpaired) electrons. The van der Waals surface area contributed by atoms with E-state index in [0.717, 1.165) is 11.8 Å². The van der Waals surface area contributed by atoms with Crippen LogP contribution in [0, 0.1) is 10.7 Å². The van der Waals surface area contributed by atoms with E-state index in [4.69, 9.17) is 5.26 Å². The summed E-state index contributed by atoms with van der Waals surface area (Å²) in [6.45, 7) is 0. The molecule has 1 unspecified atom stereocenters. The monoisotopic (exact) mass is 255 g/mol. The standard InChI is InChI=1S/C10H10BrNS/c11-7-10(13-8-12)6-9-4-2-1-3-5-9/h1-5,10H,6-7H2. The Kier molecular flexibility index (Phi) is 4.95. The summed E-state index contributed by atoms with van der Waals surface area (Å²) in [4.78, 5) is 0. The predicted octanol–water partition coefficient (Wildman–Crippen LogP) is 3.21. The first-order valence-electron chi connectivity index (χ1n) is 4.01. The number of thiocyanates is 1. The molecule has 0 aromatic heterocycles. The summed E-state index contributed by atoms with van der Waals surface area (Å²) in [5, 5.41) is 11.9. The number of benzene rings is 1. The van der Waals surface area contributed by atoms with E-state index in [1.165, 1.54) is 17.3 Å². The highest BCUT2D eigenvalue weighted by Gasteiger charge is 2.07. The van der Waals surface area contributed by atoms with Gasteiger partial charge in [0.2, 0.25) is 0 Å². The lowest BCUT2D eigenvalue weighted by atomic mass is 10.1. The lowest BCUT2D eigenvalue weighted by molar-refractivity contribution is 0.964. The second-order valence-electron chi connectivity index (χ2n) is 2.68. The van der Waals surface area contributed by atoms with Crippen molar-refractivity contribution in [3.05, 3.63) is 35.9 Å². The average molecular weight is 256 g/mol. The Labute approximate surface area is 91.3 Å². The summed E-state index contributed by atoms with van der Waals surface area (Å²) < 4.78 is 0. The van der Waals surface area contributed by atoms with Gasteiger partial charge in [-0.3, -0.25) is 0 Å². The van der Waals surface area contributed by atoms with Crippen LogP contribution in [0.1, 0.15) is 5.56 Å². The summed E-state index contributed by atoms with van der Waals surface area (Å²) >= 11 is 4.73. The van der Waals surface area contributed by atoms with Crippen LogP contribution in [0.4, 0.5) is 0 Å². The van der Waals surface area contributed by atoms with E-state index in [1.807, 2.05) is 18.2 Å².